The SMILES string of the molecule is CC(C)Cn1ncn(-c2ccc(N3CCN(c4ccc(OCC5COC(Cn6cncn6)(c6ccc(F)cc6F)O5)cc4)CC3)cc2)c1=O.CCC(C)n1ncn(-c2ccc(N3CCN(c4ccc(OCC5COC(Cn6cncn6)(c6ccc(F)cc6F)O5)cc4)CC3)cc2)c1=O.CCC(C)n1ncn(-c2ccc(N3CCN(c4ccc(OCC5COC(Cn6nccn6)(c6ccc(Cl)cc6Cl)O5)cc4)CC3)cc2)c1=O. The first-order valence-corrected chi connectivity index (χ1v) is 49.9. The summed E-state index contributed by atoms with van der Waals surface area (Å²) in [5.41, 5.74) is 9.53. The topological polar surface area (TPSA) is 314 Å². The molecule has 0 amide bonds. The van der Waals surface area contributed by atoms with Crippen molar-refractivity contribution < 1.29 is 60.2 Å². The maximum atomic E-state index is 14.9. The van der Waals surface area contributed by atoms with Crippen molar-refractivity contribution in [3.8, 4) is 34.3 Å². The van der Waals surface area contributed by atoms with Gasteiger partial charge in [-0.25, -0.2) is 79.0 Å². The Morgan fingerprint density at radius 2 is 0.687 bits per heavy atom. The number of anilines is 6. The first-order valence-electron chi connectivity index (χ1n) is 49.2. The predicted molar refractivity (Wildman–Crippen MR) is 544 cm³/mol. The maximum absolute atomic E-state index is 14.9. The molecule has 36 nitrogen and oxygen atoms in total. The standard InChI is InChI=1S/C35H38Cl2N8O4.2C35H38F2N8O4/c1-3-25(2)45-34(46)43(24-40-45)29-7-5-27(6-8-29)41-16-18-42(19-17-41)28-9-11-30(12-10-28)47-21-31-22-48-35(49-31,23-44-38-14-15-39-44)32-13-4-26(36)20-33(32)37;1-25(2)18-45-34(46)44(24-40-45)29-6-4-27(5-7-29)41-13-15-42(16-14-41)28-8-10-30(11-9-28)47-19-31-20-48-35(49-31,21-43-23-38-22-39-43)32-12-3-26(36)17-33(32)37;1-3-25(2)45-34(46)44(24-40-45)29-7-5-27(6-8-29)41-14-16-42(17-15-41)28-9-11-30(12-10-28)47-19-31-20-48-35(49-31,21-43-23-38-22-39-43)32-13-4-26(36)18-33(32)37/h4-15,20,24-25,31H,3,16-19,21-23H2,1-2H3;3-12,17,22-25,31H,13-16,18-21H2,1-2H3;4-13,18,22-25,31H,3,14-17,19-21H2,1-2H3. The summed E-state index contributed by atoms with van der Waals surface area (Å²) in [5, 5.41) is 30.5. The molecule has 0 spiro atoms. The summed E-state index contributed by atoms with van der Waals surface area (Å²) in [4.78, 5) is 61.8. The Balaban J connectivity index is 0.000000139. The van der Waals surface area contributed by atoms with Crippen LogP contribution in [0.25, 0.3) is 17.1 Å². The van der Waals surface area contributed by atoms with Gasteiger partial charge in [0.25, 0.3) is 0 Å². The van der Waals surface area contributed by atoms with Crippen LogP contribution < -0.4 is 60.7 Å². The minimum atomic E-state index is -1.51. The van der Waals surface area contributed by atoms with E-state index in [2.05, 4.69) is 137 Å². The molecule has 8 atom stereocenters. The van der Waals surface area contributed by atoms with Crippen LogP contribution in [0.5, 0.6) is 17.2 Å². The molecule has 6 aliphatic rings. The van der Waals surface area contributed by atoms with E-state index in [1.54, 1.807) is 63.3 Å². The lowest BCUT2D eigenvalue weighted by atomic mass is 10.0. The summed E-state index contributed by atoms with van der Waals surface area (Å²) in [6.07, 6.45) is 14.0. The molecule has 15 aromatic rings. The smallest absolute Gasteiger partial charge is 0.350 e. The molecule has 768 valence electrons. The van der Waals surface area contributed by atoms with Crippen molar-refractivity contribution in [2.24, 2.45) is 5.92 Å². The van der Waals surface area contributed by atoms with Crippen molar-refractivity contribution in [1.82, 2.24) is 87.6 Å². The first kappa shape index (κ1) is 101. The van der Waals surface area contributed by atoms with Crippen molar-refractivity contribution in [2.75, 3.05) is 148 Å². The van der Waals surface area contributed by atoms with Crippen LogP contribution in [0.1, 0.15) is 83.2 Å². The fraction of sp³-hybridized carbons (Fsp3) is 0.371. The van der Waals surface area contributed by atoms with Gasteiger partial charge in [0.05, 0.1) is 66.4 Å². The largest absolute Gasteiger partial charge is 0.491 e. The minimum absolute atomic E-state index is 0.0334. The van der Waals surface area contributed by atoms with Gasteiger partial charge in [0.2, 0.25) is 17.4 Å². The number of benzene rings is 9. The van der Waals surface area contributed by atoms with Crippen molar-refractivity contribution >= 4 is 57.3 Å². The van der Waals surface area contributed by atoms with Gasteiger partial charge in [-0.1, -0.05) is 57.0 Å². The molecule has 147 heavy (non-hydrogen) atoms. The summed E-state index contributed by atoms with van der Waals surface area (Å²) in [6, 6.07) is 60.1. The van der Waals surface area contributed by atoms with Crippen LogP contribution >= 0.6 is 23.2 Å². The highest BCUT2D eigenvalue weighted by atomic mass is 35.5. The average Bonchev–Trinajstić information content (AvgIpc) is 1.64. The summed E-state index contributed by atoms with van der Waals surface area (Å²) in [6.45, 7) is 24.7. The van der Waals surface area contributed by atoms with Gasteiger partial charge < -0.3 is 72.0 Å². The number of ether oxygens (including phenoxy) is 9. The van der Waals surface area contributed by atoms with Crippen LogP contribution in [0.4, 0.5) is 51.7 Å². The zero-order valence-corrected chi connectivity index (χ0v) is 83.6. The quantitative estimate of drug-likeness (QED) is 0.0345. The maximum Gasteiger partial charge on any atom is 0.350 e. The van der Waals surface area contributed by atoms with Gasteiger partial charge in [0, 0.05) is 153 Å². The zero-order valence-electron chi connectivity index (χ0n) is 82.1. The van der Waals surface area contributed by atoms with Crippen LogP contribution in [-0.2, 0) is 72.0 Å². The molecule has 6 aromatic heterocycles. The lowest BCUT2D eigenvalue weighted by Gasteiger charge is -2.37. The Kier molecular flexibility index (Phi) is 31.1. The molecule has 8 unspecified atom stereocenters. The summed E-state index contributed by atoms with van der Waals surface area (Å²) in [5.74, 6) is -4.69. The van der Waals surface area contributed by atoms with E-state index in [-0.39, 0.29) is 92.4 Å². The van der Waals surface area contributed by atoms with Crippen LogP contribution in [0.15, 0.2) is 271 Å². The van der Waals surface area contributed by atoms with Gasteiger partial charge in [-0.05, 0) is 215 Å². The second kappa shape index (κ2) is 45.2. The molecule has 0 radical (unpaired) electrons. The highest BCUT2D eigenvalue weighted by molar-refractivity contribution is 6.35. The number of nitrogens with zero attached hydrogens (tertiary/aromatic N) is 24. The third kappa shape index (κ3) is 23.3. The molecule has 0 bridgehead atoms. The van der Waals surface area contributed by atoms with E-state index in [1.165, 1.54) is 77.8 Å². The second-order valence-electron chi connectivity index (χ2n) is 37.2. The molecule has 0 saturated carbocycles. The molecule has 9 aromatic carbocycles. The number of hydrogen-bond acceptors (Lipinski definition) is 27. The second-order valence-corrected chi connectivity index (χ2v) is 38.1. The molecule has 6 saturated heterocycles. The Bertz CT molecular complexity index is 6770. The third-order valence-electron chi connectivity index (χ3n) is 27.0. The van der Waals surface area contributed by atoms with Crippen LogP contribution in [0.3, 0.4) is 0 Å². The number of rotatable bonds is 33. The van der Waals surface area contributed by atoms with Gasteiger partial charge in [-0.3, -0.25) is 0 Å². The average molecular weight is 2050 g/mol. The monoisotopic (exact) mass is 2050 g/mol. The minimum Gasteiger partial charge on any atom is -0.491 e. The van der Waals surface area contributed by atoms with E-state index in [1.807, 2.05) is 125 Å². The van der Waals surface area contributed by atoms with E-state index < -0.39 is 52.8 Å². The Morgan fingerprint density at radius 3 is 1.01 bits per heavy atom. The van der Waals surface area contributed by atoms with Crippen molar-refractivity contribution in [3.63, 3.8) is 0 Å². The van der Waals surface area contributed by atoms with E-state index in [9.17, 15) is 31.9 Å². The van der Waals surface area contributed by atoms with E-state index in [4.69, 9.17) is 65.8 Å². The van der Waals surface area contributed by atoms with Gasteiger partial charge >= 0.3 is 17.1 Å². The molecule has 21 rings (SSSR count). The van der Waals surface area contributed by atoms with E-state index >= 15 is 0 Å². The summed E-state index contributed by atoms with van der Waals surface area (Å²) < 4.78 is 125. The molecule has 0 N–H and O–H groups in total. The zero-order chi connectivity index (χ0) is 102. The predicted octanol–water partition coefficient (Wildman–Crippen LogP) is 14.4. The molecule has 0 aliphatic carbocycles. The number of halogens is 6. The van der Waals surface area contributed by atoms with E-state index in [0.29, 0.717) is 52.8 Å². The van der Waals surface area contributed by atoms with Crippen LogP contribution in [-0.4, -0.2) is 224 Å². The lowest BCUT2D eigenvalue weighted by Crippen LogP contribution is -2.46. The van der Waals surface area contributed by atoms with Gasteiger partial charge in [-0.15, -0.1) is 0 Å². The summed E-state index contributed by atoms with van der Waals surface area (Å²) >= 11 is 12.7. The fourth-order valence-electron chi connectivity index (χ4n) is 18.7. The van der Waals surface area contributed by atoms with Crippen molar-refractivity contribution in [2.45, 2.75) is 128 Å². The van der Waals surface area contributed by atoms with Crippen LogP contribution in [0, 0.1) is 29.2 Å². The van der Waals surface area contributed by atoms with Crippen molar-refractivity contribution in [1.29, 1.82) is 0 Å². The van der Waals surface area contributed by atoms with E-state index in [0.717, 1.165) is 160 Å². The third-order valence-corrected chi connectivity index (χ3v) is 27.5. The Morgan fingerprint density at radius 1 is 0.367 bits per heavy atom. The number of piperazine rings is 3. The van der Waals surface area contributed by atoms with Gasteiger partial charge in [0.1, 0.15) is 143 Å². The fourth-order valence-corrected chi connectivity index (χ4v) is 19.3. The van der Waals surface area contributed by atoms with Crippen molar-refractivity contribution in [3.05, 3.63) is 338 Å². The Labute approximate surface area is 854 Å². The first-order chi connectivity index (χ1) is 71.4. The summed E-state index contributed by atoms with van der Waals surface area (Å²) in [7, 11) is 0. The number of aromatic nitrogens is 18. The molecule has 12 heterocycles. The van der Waals surface area contributed by atoms with Gasteiger partial charge in [0.15, 0.2) is 0 Å². The molecule has 6 aliphatic heterocycles. The highest BCUT2D eigenvalue weighted by Crippen LogP contribution is 2.44. The number of hydrogen-bond donors (Lipinski definition) is 0. The molecular weight excluding hydrogens is 1940 g/mol. The molecular formula is C105H114Cl2F4N24O12. The normalized spacial score (nSPS) is 19.9. The Hall–Kier alpha value is -14.5. The molecule has 42 heteroatoms. The highest BCUT2D eigenvalue weighted by Gasteiger charge is 2.50. The lowest BCUT2D eigenvalue weighted by molar-refractivity contribution is -0.192. The van der Waals surface area contributed by atoms with Gasteiger partial charge in [-0.2, -0.15) is 40.5 Å². The molecule has 6 fully saturated rings. The van der Waals surface area contributed by atoms with Crippen LogP contribution in [0.2, 0.25) is 10.0 Å².